The van der Waals surface area contributed by atoms with Crippen LogP contribution in [0.1, 0.15) is 16.1 Å². The number of nitrogens with zero attached hydrogens (tertiary/aromatic N) is 1. The molecule has 0 aliphatic carbocycles. The second-order valence-corrected chi connectivity index (χ2v) is 6.44. The number of nitrogens with two attached hydrogens (primary N) is 1. The number of hydrogen-bond donors (Lipinski definition) is 2. The van der Waals surface area contributed by atoms with Crippen molar-refractivity contribution in [3.63, 3.8) is 0 Å². The fourth-order valence-electron chi connectivity index (χ4n) is 2.47. The Balaban J connectivity index is 1.74. The van der Waals surface area contributed by atoms with Crippen molar-refractivity contribution in [2.24, 2.45) is 5.73 Å². The molecule has 0 atom stereocenters. The Morgan fingerprint density at radius 2 is 2.04 bits per heavy atom. The summed E-state index contributed by atoms with van der Waals surface area (Å²) < 4.78 is 5.84. The van der Waals surface area contributed by atoms with Crippen molar-refractivity contribution in [1.29, 1.82) is 0 Å². The minimum Gasteiger partial charge on any atom is -0.489 e. The standard InChI is InChI=1S/C19H18N2O3S/c20-10-18-21-16(12-25-18)14-6-3-4-13(8-14)11-24-17-7-2-1-5-15(17)9-19(22)23/h1-8,12H,9-11,20H2,(H,22,23). The molecule has 128 valence electrons. The SMILES string of the molecule is NCc1nc(-c2cccc(COc3ccccc3CC(=O)O)c2)cs1. The minimum atomic E-state index is -0.878. The maximum atomic E-state index is 11.0. The van der Waals surface area contributed by atoms with E-state index in [4.69, 9.17) is 15.6 Å². The molecule has 1 aromatic heterocycles. The first-order chi connectivity index (χ1) is 12.2. The summed E-state index contributed by atoms with van der Waals surface area (Å²) in [6.07, 6.45) is -0.0586. The van der Waals surface area contributed by atoms with Crippen LogP contribution >= 0.6 is 11.3 Å². The van der Waals surface area contributed by atoms with E-state index in [-0.39, 0.29) is 6.42 Å². The first-order valence-corrected chi connectivity index (χ1v) is 8.70. The van der Waals surface area contributed by atoms with Gasteiger partial charge in [0, 0.05) is 23.1 Å². The van der Waals surface area contributed by atoms with Crippen LogP contribution in [0.3, 0.4) is 0 Å². The molecule has 5 nitrogen and oxygen atoms in total. The Morgan fingerprint density at radius 1 is 1.20 bits per heavy atom. The van der Waals surface area contributed by atoms with Gasteiger partial charge in [0.25, 0.3) is 0 Å². The summed E-state index contributed by atoms with van der Waals surface area (Å²) in [6.45, 7) is 0.798. The van der Waals surface area contributed by atoms with Gasteiger partial charge in [0.2, 0.25) is 0 Å². The predicted molar refractivity (Wildman–Crippen MR) is 97.6 cm³/mol. The number of hydrogen-bond acceptors (Lipinski definition) is 5. The third-order valence-corrected chi connectivity index (χ3v) is 4.53. The number of para-hydroxylation sites is 1. The average Bonchev–Trinajstić information content (AvgIpc) is 3.10. The second kappa shape index (κ2) is 7.92. The number of carbonyl (C=O) groups is 1. The lowest BCUT2D eigenvalue weighted by Crippen LogP contribution is -2.04. The highest BCUT2D eigenvalue weighted by molar-refractivity contribution is 7.09. The van der Waals surface area contributed by atoms with Crippen molar-refractivity contribution >= 4 is 17.3 Å². The fourth-order valence-corrected chi connectivity index (χ4v) is 3.16. The highest BCUT2D eigenvalue weighted by Crippen LogP contribution is 2.24. The summed E-state index contributed by atoms with van der Waals surface area (Å²) in [5, 5.41) is 11.9. The zero-order chi connectivity index (χ0) is 17.6. The zero-order valence-electron chi connectivity index (χ0n) is 13.5. The first-order valence-electron chi connectivity index (χ1n) is 7.82. The molecule has 1 heterocycles. The number of ether oxygens (including phenoxy) is 1. The molecule has 3 aromatic rings. The molecule has 0 unspecified atom stereocenters. The Bertz CT molecular complexity index is 876. The molecule has 0 aliphatic rings. The number of aromatic nitrogens is 1. The van der Waals surface area contributed by atoms with Crippen LogP contribution in [0.5, 0.6) is 5.75 Å². The van der Waals surface area contributed by atoms with E-state index in [1.807, 2.05) is 41.8 Å². The van der Waals surface area contributed by atoms with Crippen molar-refractivity contribution < 1.29 is 14.6 Å². The number of aliphatic carboxylic acids is 1. The smallest absolute Gasteiger partial charge is 0.307 e. The summed E-state index contributed by atoms with van der Waals surface area (Å²) in [5.74, 6) is -0.285. The minimum absolute atomic E-state index is 0.0586. The molecular formula is C19H18N2O3S. The van der Waals surface area contributed by atoms with Gasteiger partial charge in [-0.2, -0.15) is 0 Å². The second-order valence-electron chi connectivity index (χ2n) is 5.50. The average molecular weight is 354 g/mol. The zero-order valence-corrected chi connectivity index (χ0v) is 14.3. The van der Waals surface area contributed by atoms with Gasteiger partial charge in [-0.15, -0.1) is 11.3 Å². The number of thiazole rings is 1. The van der Waals surface area contributed by atoms with Gasteiger partial charge >= 0.3 is 5.97 Å². The normalized spacial score (nSPS) is 10.6. The van der Waals surface area contributed by atoms with Crippen LogP contribution < -0.4 is 10.5 Å². The molecule has 3 rings (SSSR count). The lowest BCUT2D eigenvalue weighted by atomic mass is 10.1. The molecule has 0 bridgehead atoms. The quantitative estimate of drug-likeness (QED) is 0.678. The van der Waals surface area contributed by atoms with Gasteiger partial charge in [-0.25, -0.2) is 4.98 Å². The molecular weight excluding hydrogens is 336 g/mol. The van der Waals surface area contributed by atoms with Crippen LogP contribution in [0.15, 0.2) is 53.9 Å². The van der Waals surface area contributed by atoms with E-state index in [9.17, 15) is 4.79 Å². The molecule has 0 saturated heterocycles. The molecule has 0 amide bonds. The summed E-state index contributed by atoms with van der Waals surface area (Å²) in [4.78, 5) is 15.4. The highest BCUT2D eigenvalue weighted by Gasteiger charge is 2.08. The fraction of sp³-hybridized carbons (Fsp3) is 0.158. The van der Waals surface area contributed by atoms with Gasteiger partial charge in [-0.1, -0.05) is 36.4 Å². The van der Waals surface area contributed by atoms with Gasteiger partial charge in [0.1, 0.15) is 17.4 Å². The highest BCUT2D eigenvalue weighted by atomic mass is 32.1. The van der Waals surface area contributed by atoms with E-state index in [2.05, 4.69) is 4.98 Å². The monoisotopic (exact) mass is 354 g/mol. The van der Waals surface area contributed by atoms with Gasteiger partial charge < -0.3 is 15.6 Å². The van der Waals surface area contributed by atoms with Gasteiger partial charge in [0.15, 0.2) is 0 Å². The molecule has 0 saturated carbocycles. The Kier molecular flexibility index (Phi) is 5.42. The summed E-state index contributed by atoms with van der Waals surface area (Å²) >= 11 is 1.55. The van der Waals surface area contributed by atoms with E-state index in [0.717, 1.165) is 21.8 Å². The third-order valence-electron chi connectivity index (χ3n) is 3.66. The van der Waals surface area contributed by atoms with Crippen LogP contribution in [0.2, 0.25) is 0 Å². The molecule has 2 aromatic carbocycles. The van der Waals surface area contributed by atoms with Crippen molar-refractivity contribution in [2.45, 2.75) is 19.6 Å². The lowest BCUT2D eigenvalue weighted by Gasteiger charge is -2.11. The van der Waals surface area contributed by atoms with Gasteiger partial charge in [-0.05, 0) is 17.7 Å². The lowest BCUT2D eigenvalue weighted by molar-refractivity contribution is -0.136. The largest absolute Gasteiger partial charge is 0.489 e. The number of carboxylic acids is 1. The maximum absolute atomic E-state index is 11.0. The molecule has 0 fully saturated rings. The van der Waals surface area contributed by atoms with Crippen LogP contribution in [-0.2, 0) is 24.4 Å². The maximum Gasteiger partial charge on any atom is 0.307 e. The van der Waals surface area contributed by atoms with Crippen molar-refractivity contribution in [3.05, 3.63) is 70.0 Å². The third kappa shape index (κ3) is 4.43. The Hall–Kier alpha value is -2.70. The van der Waals surface area contributed by atoms with E-state index in [1.54, 1.807) is 23.5 Å². The van der Waals surface area contributed by atoms with E-state index < -0.39 is 5.97 Å². The van der Waals surface area contributed by atoms with Crippen LogP contribution in [0.4, 0.5) is 0 Å². The summed E-state index contributed by atoms with van der Waals surface area (Å²) in [5.41, 5.74) is 9.19. The van der Waals surface area contributed by atoms with E-state index >= 15 is 0 Å². The van der Waals surface area contributed by atoms with Crippen LogP contribution in [-0.4, -0.2) is 16.1 Å². The van der Waals surface area contributed by atoms with Gasteiger partial charge in [0.05, 0.1) is 12.1 Å². The van der Waals surface area contributed by atoms with Gasteiger partial charge in [-0.3, -0.25) is 4.79 Å². The van der Waals surface area contributed by atoms with E-state index in [1.165, 1.54) is 0 Å². The number of carboxylic acid groups (broad SMARTS) is 1. The topological polar surface area (TPSA) is 85.4 Å². The number of rotatable bonds is 7. The molecule has 3 N–H and O–H groups in total. The van der Waals surface area contributed by atoms with Crippen molar-refractivity contribution in [1.82, 2.24) is 4.98 Å². The summed E-state index contributed by atoms with van der Waals surface area (Å²) in [7, 11) is 0. The van der Waals surface area contributed by atoms with Crippen LogP contribution in [0, 0.1) is 0 Å². The Morgan fingerprint density at radius 3 is 2.80 bits per heavy atom. The molecule has 0 radical (unpaired) electrons. The molecule has 0 aliphatic heterocycles. The molecule has 25 heavy (non-hydrogen) atoms. The first kappa shape index (κ1) is 17.1. The van der Waals surface area contributed by atoms with Crippen LogP contribution in [0.25, 0.3) is 11.3 Å². The molecule has 0 spiro atoms. The van der Waals surface area contributed by atoms with Crippen molar-refractivity contribution in [3.8, 4) is 17.0 Å². The van der Waals surface area contributed by atoms with Crippen molar-refractivity contribution in [2.75, 3.05) is 0 Å². The summed E-state index contributed by atoms with van der Waals surface area (Å²) in [6, 6.07) is 15.1. The Labute approximate surface area is 149 Å². The number of benzene rings is 2. The predicted octanol–water partition coefficient (Wildman–Crippen LogP) is 3.47. The molecule has 6 heteroatoms. The van der Waals surface area contributed by atoms with E-state index in [0.29, 0.717) is 24.5 Å².